The average molecular weight is 288 g/mol. The summed E-state index contributed by atoms with van der Waals surface area (Å²) in [4.78, 5) is 5.41. The summed E-state index contributed by atoms with van der Waals surface area (Å²) in [6.45, 7) is 17.5. The molecular formula is C19H32N2. The number of fused-ring (bicyclic) bond motifs is 4. The summed E-state index contributed by atoms with van der Waals surface area (Å²) < 4.78 is 0. The van der Waals surface area contributed by atoms with Gasteiger partial charge in [-0.2, -0.15) is 0 Å². The van der Waals surface area contributed by atoms with Crippen molar-refractivity contribution < 1.29 is 0 Å². The van der Waals surface area contributed by atoms with Crippen LogP contribution in [0.15, 0.2) is 12.2 Å². The Balaban J connectivity index is 1.36. The normalized spacial score (nSPS) is 48.2. The Morgan fingerprint density at radius 3 is 2.52 bits per heavy atom. The van der Waals surface area contributed by atoms with Gasteiger partial charge in [0.1, 0.15) is 0 Å². The molecule has 0 N–H and O–H groups in total. The zero-order valence-corrected chi connectivity index (χ0v) is 13.9. The lowest BCUT2D eigenvalue weighted by Crippen LogP contribution is -2.35. The Labute approximate surface area is 130 Å². The molecular weight excluding hydrogens is 256 g/mol. The Kier molecular flexibility index (Phi) is 3.66. The number of piperidine rings is 2. The number of nitrogens with zero attached hydrogens (tertiary/aromatic N) is 2. The lowest BCUT2D eigenvalue weighted by Gasteiger charge is -2.33. The number of hydrogen-bond donors (Lipinski definition) is 0. The molecule has 118 valence electrons. The SMILES string of the molecule is C=C(CC1CN2CC(C(C)C)CC1C2)C1CN2CCC1C2. The van der Waals surface area contributed by atoms with Gasteiger partial charge in [-0.05, 0) is 61.3 Å². The summed E-state index contributed by atoms with van der Waals surface area (Å²) in [7, 11) is 0. The highest BCUT2D eigenvalue weighted by atomic mass is 15.2. The van der Waals surface area contributed by atoms with Gasteiger partial charge < -0.3 is 9.80 Å². The largest absolute Gasteiger partial charge is 0.302 e. The zero-order valence-electron chi connectivity index (χ0n) is 13.9. The van der Waals surface area contributed by atoms with Gasteiger partial charge in [0.25, 0.3) is 0 Å². The summed E-state index contributed by atoms with van der Waals surface area (Å²) >= 11 is 0. The minimum absolute atomic E-state index is 0.829. The molecule has 4 heterocycles. The fourth-order valence-corrected chi connectivity index (χ4v) is 5.70. The molecule has 4 aliphatic rings. The second kappa shape index (κ2) is 5.38. The fraction of sp³-hybridized carbons (Fsp3) is 0.895. The maximum absolute atomic E-state index is 4.54. The van der Waals surface area contributed by atoms with Crippen molar-refractivity contribution in [2.75, 3.05) is 39.3 Å². The predicted octanol–water partition coefficient (Wildman–Crippen LogP) is 3.11. The topological polar surface area (TPSA) is 6.48 Å². The van der Waals surface area contributed by atoms with Gasteiger partial charge in [-0.15, -0.1) is 0 Å². The van der Waals surface area contributed by atoms with Gasteiger partial charge in [-0.1, -0.05) is 26.0 Å². The third kappa shape index (κ3) is 2.59. The van der Waals surface area contributed by atoms with Crippen molar-refractivity contribution in [2.45, 2.75) is 33.1 Å². The molecule has 0 amide bonds. The van der Waals surface area contributed by atoms with Crippen molar-refractivity contribution in [3.8, 4) is 0 Å². The van der Waals surface area contributed by atoms with Crippen LogP contribution in [0.25, 0.3) is 0 Å². The number of hydrogen-bond acceptors (Lipinski definition) is 2. The van der Waals surface area contributed by atoms with Crippen LogP contribution in [-0.2, 0) is 0 Å². The molecule has 4 rings (SSSR count). The van der Waals surface area contributed by atoms with E-state index in [1.165, 1.54) is 58.5 Å². The lowest BCUT2D eigenvalue weighted by atomic mass is 9.76. The maximum Gasteiger partial charge on any atom is 0.00502 e. The zero-order chi connectivity index (χ0) is 14.6. The molecule has 4 bridgehead atoms. The standard InChI is InChI=1S/C19H32N2/c1-13(2)16-7-18-11-21(9-16)10-17(18)6-14(3)19-12-20-5-4-15(19)8-20/h13,15-19H,3-12H2,1-2H3. The molecule has 7 atom stereocenters. The van der Waals surface area contributed by atoms with Gasteiger partial charge in [0.15, 0.2) is 0 Å². The van der Waals surface area contributed by atoms with Crippen LogP contribution in [-0.4, -0.2) is 49.1 Å². The first-order valence-electron chi connectivity index (χ1n) is 9.22. The second-order valence-electron chi connectivity index (χ2n) is 8.76. The van der Waals surface area contributed by atoms with Crippen LogP contribution in [0.3, 0.4) is 0 Å². The molecule has 4 fully saturated rings. The Morgan fingerprint density at radius 1 is 1.05 bits per heavy atom. The summed E-state index contributed by atoms with van der Waals surface area (Å²) in [5, 5.41) is 0. The van der Waals surface area contributed by atoms with Crippen molar-refractivity contribution in [1.29, 1.82) is 0 Å². The fourth-order valence-electron chi connectivity index (χ4n) is 5.70. The summed E-state index contributed by atoms with van der Waals surface area (Å²) in [6.07, 6.45) is 4.23. The molecule has 4 aliphatic heterocycles. The highest BCUT2D eigenvalue weighted by molar-refractivity contribution is 5.12. The van der Waals surface area contributed by atoms with Crippen molar-refractivity contribution in [3.05, 3.63) is 12.2 Å². The first kappa shape index (κ1) is 14.3. The van der Waals surface area contributed by atoms with Gasteiger partial charge >= 0.3 is 0 Å². The summed E-state index contributed by atoms with van der Waals surface area (Å²) in [5.74, 6) is 5.44. The molecule has 2 heteroatoms. The Hall–Kier alpha value is -0.340. The molecule has 0 aliphatic carbocycles. The van der Waals surface area contributed by atoms with E-state index in [9.17, 15) is 0 Å². The number of rotatable bonds is 4. The van der Waals surface area contributed by atoms with E-state index >= 15 is 0 Å². The first-order chi connectivity index (χ1) is 10.1. The molecule has 21 heavy (non-hydrogen) atoms. The van der Waals surface area contributed by atoms with E-state index in [0.717, 1.165) is 35.5 Å². The van der Waals surface area contributed by atoms with E-state index in [1.807, 2.05) is 0 Å². The quantitative estimate of drug-likeness (QED) is 0.734. The molecule has 0 saturated carbocycles. The van der Waals surface area contributed by atoms with Gasteiger partial charge in [0, 0.05) is 32.7 Å². The monoisotopic (exact) mass is 288 g/mol. The Bertz CT molecular complexity index is 416. The third-order valence-electron chi connectivity index (χ3n) is 7.07. The third-order valence-corrected chi connectivity index (χ3v) is 7.07. The van der Waals surface area contributed by atoms with Crippen LogP contribution in [0.2, 0.25) is 0 Å². The van der Waals surface area contributed by atoms with Crippen LogP contribution >= 0.6 is 0 Å². The smallest absolute Gasteiger partial charge is 0.00502 e. The van der Waals surface area contributed by atoms with Crippen molar-refractivity contribution in [1.82, 2.24) is 9.80 Å². The van der Waals surface area contributed by atoms with Gasteiger partial charge in [0.2, 0.25) is 0 Å². The van der Waals surface area contributed by atoms with Crippen LogP contribution in [0.4, 0.5) is 0 Å². The van der Waals surface area contributed by atoms with E-state index in [0.29, 0.717) is 0 Å². The van der Waals surface area contributed by atoms with Crippen molar-refractivity contribution >= 4 is 0 Å². The van der Waals surface area contributed by atoms with Gasteiger partial charge in [0.05, 0.1) is 0 Å². The molecule has 7 unspecified atom stereocenters. The molecule has 0 aromatic rings. The van der Waals surface area contributed by atoms with Crippen molar-refractivity contribution in [2.24, 2.45) is 35.5 Å². The van der Waals surface area contributed by atoms with E-state index in [1.54, 1.807) is 5.57 Å². The van der Waals surface area contributed by atoms with E-state index in [2.05, 4.69) is 30.2 Å². The molecule has 0 radical (unpaired) electrons. The van der Waals surface area contributed by atoms with Gasteiger partial charge in [-0.3, -0.25) is 0 Å². The second-order valence-corrected chi connectivity index (χ2v) is 8.76. The van der Waals surface area contributed by atoms with Crippen LogP contribution in [0, 0.1) is 35.5 Å². The predicted molar refractivity (Wildman–Crippen MR) is 88.2 cm³/mol. The molecule has 0 aromatic heterocycles. The van der Waals surface area contributed by atoms with Crippen molar-refractivity contribution in [3.63, 3.8) is 0 Å². The molecule has 2 nitrogen and oxygen atoms in total. The molecule has 4 saturated heterocycles. The van der Waals surface area contributed by atoms with E-state index < -0.39 is 0 Å². The van der Waals surface area contributed by atoms with Crippen LogP contribution < -0.4 is 0 Å². The molecule has 0 spiro atoms. The first-order valence-corrected chi connectivity index (χ1v) is 9.22. The maximum atomic E-state index is 4.54. The summed E-state index contributed by atoms with van der Waals surface area (Å²) in [5.41, 5.74) is 1.60. The average Bonchev–Trinajstić information content (AvgIpc) is 3.14. The van der Waals surface area contributed by atoms with Gasteiger partial charge in [-0.25, -0.2) is 0 Å². The minimum atomic E-state index is 0.829. The van der Waals surface area contributed by atoms with Crippen LogP contribution in [0.1, 0.15) is 33.1 Å². The molecule has 0 aromatic carbocycles. The Morgan fingerprint density at radius 2 is 1.86 bits per heavy atom. The summed E-state index contributed by atoms with van der Waals surface area (Å²) in [6, 6.07) is 0. The minimum Gasteiger partial charge on any atom is -0.302 e. The highest BCUT2D eigenvalue weighted by Crippen LogP contribution is 2.43. The van der Waals surface area contributed by atoms with E-state index in [-0.39, 0.29) is 0 Å². The lowest BCUT2D eigenvalue weighted by molar-refractivity contribution is 0.162. The highest BCUT2D eigenvalue weighted by Gasteiger charge is 2.43. The van der Waals surface area contributed by atoms with E-state index in [4.69, 9.17) is 0 Å². The van der Waals surface area contributed by atoms with Crippen LogP contribution in [0.5, 0.6) is 0 Å².